The van der Waals surface area contributed by atoms with Gasteiger partial charge < -0.3 is 0 Å². The number of nitrogens with zero attached hydrogens (tertiary/aromatic N) is 2. The van der Waals surface area contributed by atoms with Crippen molar-refractivity contribution >= 4 is 33.8 Å². The second kappa shape index (κ2) is 4.34. The van der Waals surface area contributed by atoms with E-state index >= 15 is 0 Å². The van der Waals surface area contributed by atoms with E-state index < -0.39 is 0 Å². The number of rotatable bonds is 1. The van der Waals surface area contributed by atoms with Gasteiger partial charge in [0.2, 0.25) is 0 Å². The lowest BCUT2D eigenvalue weighted by atomic mass is 10.1. The molecule has 0 N–H and O–H groups in total. The van der Waals surface area contributed by atoms with Gasteiger partial charge in [-0.25, -0.2) is 9.97 Å². The van der Waals surface area contributed by atoms with Crippen LogP contribution in [-0.4, -0.2) is 9.97 Å². The quantitative estimate of drug-likeness (QED) is 0.605. The highest BCUT2D eigenvalue weighted by Gasteiger charge is 2.10. The van der Waals surface area contributed by atoms with Crippen molar-refractivity contribution in [1.82, 2.24) is 9.97 Å². The lowest BCUT2D eigenvalue weighted by Gasteiger charge is -2.07. The van der Waals surface area contributed by atoms with Crippen LogP contribution in [0, 0.1) is 13.8 Å². The number of aromatic nitrogens is 2. The largest absolute Gasteiger partial charge is 0.228 e. The van der Waals surface area contributed by atoms with E-state index in [0.717, 1.165) is 22.0 Å². The fraction of sp³-hybridized carbons (Fsp3) is 0.143. The number of thiophene rings is 1. The Kier molecular flexibility index (Phi) is 2.80. The van der Waals surface area contributed by atoms with Gasteiger partial charge >= 0.3 is 0 Å². The summed E-state index contributed by atoms with van der Waals surface area (Å²) in [6, 6.07) is 6.15. The summed E-state index contributed by atoms with van der Waals surface area (Å²) in [5, 5.41) is 5.51. The first-order chi connectivity index (χ1) is 8.65. The maximum atomic E-state index is 6.29. The molecule has 2 heterocycles. The molecule has 3 rings (SSSR count). The summed E-state index contributed by atoms with van der Waals surface area (Å²) in [6.45, 7) is 4.10. The lowest BCUT2D eigenvalue weighted by molar-refractivity contribution is 1.22. The molecule has 0 aliphatic heterocycles. The monoisotopic (exact) mass is 274 g/mol. The van der Waals surface area contributed by atoms with E-state index in [1.54, 1.807) is 11.3 Å². The number of aryl methyl sites for hydroxylation is 2. The van der Waals surface area contributed by atoms with Crippen molar-refractivity contribution in [3.05, 3.63) is 45.2 Å². The third kappa shape index (κ3) is 1.89. The molecule has 0 saturated heterocycles. The van der Waals surface area contributed by atoms with E-state index in [1.807, 2.05) is 29.8 Å². The van der Waals surface area contributed by atoms with Gasteiger partial charge in [0.05, 0.1) is 5.52 Å². The van der Waals surface area contributed by atoms with Gasteiger partial charge in [0.1, 0.15) is 5.15 Å². The van der Waals surface area contributed by atoms with Gasteiger partial charge in [-0.1, -0.05) is 17.7 Å². The highest BCUT2D eigenvalue weighted by Crippen LogP contribution is 2.28. The van der Waals surface area contributed by atoms with Crippen molar-refractivity contribution in [3.63, 3.8) is 0 Å². The average molecular weight is 275 g/mol. The zero-order valence-corrected chi connectivity index (χ0v) is 11.6. The molecule has 0 radical (unpaired) electrons. The summed E-state index contributed by atoms with van der Waals surface area (Å²) in [7, 11) is 0. The molecule has 0 atom stereocenters. The standard InChI is InChI=1S/C14H11ClN2S/c1-8-5-9(2)12-11(6-8)16-14(17-13(12)15)10-3-4-18-7-10/h3-7H,1-2H3. The van der Waals surface area contributed by atoms with E-state index in [9.17, 15) is 0 Å². The van der Waals surface area contributed by atoms with E-state index in [2.05, 4.69) is 23.0 Å². The molecule has 0 saturated carbocycles. The lowest BCUT2D eigenvalue weighted by Crippen LogP contribution is -1.93. The van der Waals surface area contributed by atoms with Crippen molar-refractivity contribution in [3.8, 4) is 11.4 Å². The Morgan fingerprint density at radius 2 is 2.00 bits per heavy atom. The fourth-order valence-electron chi connectivity index (χ4n) is 2.11. The zero-order chi connectivity index (χ0) is 12.7. The fourth-order valence-corrected chi connectivity index (χ4v) is 3.07. The van der Waals surface area contributed by atoms with Crippen LogP contribution in [0.3, 0.4) is 0 Å². The molecule has 90 valence electrons. The molecule has 2 aromatic heterocycles. The first-order valence-corrected chi connectivity index (χ1v) is 6.94. The molecule has 0 aliphatic carbocycles. The molecular weight excluding hydrogens is 264 g/mol. The Hall–Kier alpha value is -1.45. The van der Waals surface area contributed by atoms with Crippen LogP contribution in [-0.2, 0) is 0 Å². The molecule has 0 spiro atoms. The molecule has 2 nitrogen and oxygen atoms in total. The van der Waals surface area contributed by atoms with Crippen molar-refractivity contribution < 1.29 is 0 Å². The van der Waals surface area contributed by atoms with Gasteiger partial charge in [-0.15, -0.1) is 0 Å². The number of halogens is 1. The third-order valence-electron chi connectivity index (χ3n) is 2.88. The van der Waals surface area contributed by atoms with E-state index in [-0.39, 0.29) is 0 Å². The first-order valence-electron chi connectivity index (χ1n) is 5.62. The summed E-state index contributed by atoms with van der Waals surface area (Å²) in [6.07, 6.45) is 0. The second-order valence-electron chi connectivity index (χ2n) is 4.33. The predicted octanol–water partition coefficient (Wildman–Crippen LogP) is 4.63. The van der Waals surface area contributed by atoms with Crippen LogP contribution >= 0.6 is 22.9 Å². The highest BCUT2D eigenvalue weighted by atomic mass is 35.5. The predicted molar refractivity (Wildman–Crippen MR) is 77.3 cm³/mol. The van der Waals surface area contributed by atoms with Crippen molar-refractivity contribution in [1.29, 1.82) is 0 Å². The third-order valence-corrected chi connectivity index (χ3v) is 3.83. The van der Waals surface area contributed by atoms with E-state index in [4.69, 9.17) is 11.6 Å². The van der Waals surface area contributed by atoms with Crippen LogP contribution in [0.5, 0.6) is 0 Å². The zero-order valence-electron chi connectivity index (χ0n) is 10.1. The summed E-state index contributed by atoms with van der Waals surface area (Å²) < 4.78 is 0. The SMILES string of the molecule is Cc1cc(C)c2c(Cl)nc(-c3ccsc3)nc2c1. The summed E-state index contributed by atoms with van der Waals surface area (Å²) >= 11 is 7.92. The van der Waals surface area contributed by atoms with Gasteiger partial charge in [0.25, 0.3) is 0 Å². The Labute approximate surface area is 114 Å². The highest BCUT2D eigenvalue weighted by molar-refractivity contribution is 7.08. The summed E-state index contributed by atoms with van der Waals surface area (Å²) in [5.41, 5.74) is 4.23. The Bertz CT molecular complexity index is 720. The first kappa shape index (κ1) is 11.6. The topological polar surface area (TPSA) is 25.8 Å². The molecule has 3 aromatic rings. The normalized spacial score (nSPS) is 11.1. The van der Waals surface area contributed by atoms with Crippen molar-refractivity contribution in [2.45, 2.75) is 13.8 Å². The minimum atomic E-state index is 0.527. The van der Waals surface area contributed by atoms with Crippen LogP contribution in [0.1, 0.15) is 11.1 Å². The minimum absolute atomic E-state index is 0.527. The van der Waals surface area contributed by atoms with Gasteiger partial charge in [-0.2, -0.15) is 11.3 Å². The number of hydrogen-bond donors (Lipinski definition) is 0. The molecule has 1 aromatic carbocycles. The van der Waals surface area contributed by atoms with Gasteiger partial charge in [0, 0.05) is 16.3 Å². The maximum absolute atomic E-state index is 6.29. The summed E-state index contributed by atoms with van der Waals surface area (Å²) in [4.78, 5) is 9.01. The maximum Gasteiger partial charge on any atom is 0.162 e. The molecule has 18 heavy (non-hydrogen) atoms. The van der Waals surface area contributed by atoms with Crippen LogP contribution in [0.25, 0.3) is 22.3 Å². The molecule has 0 amide bonds. The molecule has 4 heteroatoms. The molecular formula is C14H11ClN2S. The molecule has 0 bridgehead atoms. The van der Waals surface area contributed by atoms with Crippen LogP contribution in [0.2, 0.25) is 5.15 Å². The van der Waals surface area contributed by atoms with Gasteiger partial charge in [-0.3, -0.25) is 0 Å². The summed E-state index contributed by atoms with van der Waals surface area (Å²) in [5.74, 6) is 0.693. The minimum Gasteiger partial charge on any atom is -0.228 e. The molecule has 0 fully saturated rings. The van der Waals surface area contributed by atoms with Gasteiger partial charge in [-0.05, 0) is 42.5 Å². The Balaban J connectivity index is 2.34. The van der Waals surface area contributed by atoms with Crippen LogP contribution in [0.15, 0.2) is 29.0 Å². The molecule has 0 aliphatic rings. The van der Waals surface area contributed by atoms with E-state index in [0.29, 0.717) is 11.0 Å². The van der Waals surface area contributed by atoms with Crippen molar-refractivity contribution in [2.24, 2.45) is 0 Å². The average Bonchev–Trinajstić information content (AvgIpc) is 2.80. The van der Waals surface area contributed by atoms with Crippen LogP contribution < -0.4 is 0 Å². The van der Waals surface area contributed by atoms with Crippen LogP contribution in [0.4, 0.5) is 0 Å². The number of benzene rings is 1. The van der Waals surface area contributed by atoms with Gasteiger partial charge in [0.15, 0.2) is 5.82 Å². The number of fused-ring (bicyclic) bond motifs is 1. The molecule has 0 unspecified atom stereocenters. The smallest absolute Gasteiger partial charge is 0.162 e. The van der Waals surface area contributed by atoms with Crippen molar-refractivity contribution in [2.75, 3.05) is 0 Å². The second-order valence-corrected chi connectivity index (χ2v) is 5.46. The Morgan fingerprint density at radius 1 is 1.17 bits per heavy atom. The number of hydrogen-bond acceptors (Lipinski definition) is 3. The Morgan fingerprint density at radius 3 is 2.72 bits per heavy atom. The van der Waals surface area contributed by atoms with E-state index in [1.165, 1.54) is 5.56 Å².